The first kappa shape index (κ1) is 21.6. The van der Waals surface area contributed by atoms with Gasteiger partial charge in [-0.05, 0) is 39.0 Å². The molecule has 2 heterocycles. The second-order valence-corrected chi connectivity index (χ2v) is 8.52. The number of hydrogen-bond donors (Lipinski definition) is 1. The van der Waals surface area contributed by atoms with E-state index in [0.717, 1.165) is 26.4 Å². The van der Waals surface area contributed by atoms with E-state index in [2.05, 4.69) is 32.1 Å². The summed E-state index contributed by atoms with van der Waals surface area (Å²) in [6.45, 7) is 0. The second-order valence-electron chi connectivity index (χ2n) is 7.40. The highest BCUT2D eigenvalue weighted by atomic mass is 79.9. The molecule has 0 aliphatic carbocycles. The fourth-order valence-electron chi connectivity index (χ4n) is 4.17. The van der Waals surface area contributed by atoms with Crippen LogP contribution in [0.4, 0.5) is 0 Å². The Hall–Kier alpha value is -3.23. The van der Waals surface area contributed by atoms with Crippen LogP contribution in [0.15, 0.2) is 63.4 Å². The SMILES string of the molecule is COc1cc(C2C(c3noc(CCl)n3)=C(N)Oc3c2ccc2ccccc32)cc(Br)c1OC. The molecule has 1 unspecified atom stereocenters. The smallest absolute Gasteiger partial charge is 0.241 e. The van der Waals surface area contributed by atoms with Crippen LogP contribution in [-0.2, 0) is 5.88 Å². The van der Waals surface area contributed by atoms with Gasteiger partial charge < -0.3 is 24.5 Å². The van der Waals surface area contributed by atoms with Crippen LogP contribution in [0.25, 0.3) is 16.3 Å². The van der Waals surface area contributed by atoms with Crippen LogP contribution in [0.5, 0.6) is 17.2 Å². The van der Waals surface area contributed by atoms with Gasteiger partial charge in [0.1, 0.15) is 11.6 Å². The van der Waals surface area contributed by atoms with E-state index in [1.54, 1.807) is 14.2 Å². The first-order valence-electron chi connectivity index (χ1n) is 10.0. The maximum Gasteiger partial charge on any atom is 0.241 e. The maximum atomic E-state index is 6.50. The van der Waals surface area contributed by atoms with Crippen LogP contribution < -0.4 is 19.9 Å². The summed E-state index contributed by atoms with van der Waals surface area (Å²) in [5.74, 6) is 2.38. The van der Waals surface area contributed by atoms with Crippen LogP contribution >= 0.6 is 27.5 Å². The number of aromatic nitrogens is 2. The first-order valence-corrected chi connectivity index (χ1v) is 11.4. The number of nitrogens with two attached hydrogens (primary N) is 1. The van der Waals surface area contributed by atoms with Gasteiger partial charge in [-0.25, -0.2) is 0 Å². The van der Waals surface area contributed by atoms with Gasteiger partial charge >= 0.3 is 0 Å². The summed E-state index contributed by atoms with van der Waals surface area (Å²) in [6.07, 6.45) is 0. The fourth-order valence-corrected chi connectivity index (χ4v) is 4.90. The lowest BCUT2D eigenvalue weighted by atomic mass is 9.81. The lowest BCUT2D eigenvalue weighted by Crippen LogP contribution is -2.22. The van der Waals surface area contributed by atoms with Gasteiger partial charge in [-0.2, -0.15) is 4.98 Å². The number of halogens is 2. The van der Waals surface area contributed by atoms with Crippen molar-refractivity contribution in [1.82, 2.24) is 10.1 Å². The number of rotatable bonds is 5. The molecule has 0 saturated carbocycles. The standard InChI is InChI=1S/C24H19BrClN3O4/c1-30-17-10-13(9-16(25)22(17)31-2)19-15-8-7-12-5-3-4-6-14(12)21(15)32-23(27)20(19)24-28-18(11-26)33-29-24/h3-10,19H,11,27H2,1-2H3. The molecule has 0 radical (unpaired) electrons. The lowest BCUT2D eigenvalue weighted by molar-refractivity contribution is 0.352. The van der Waals surface area contributed by atoms with E-state index in [-0.39, 0.29) is 17.7 Å². The maximum absolute atomic E-state index is 6.50. The van der Waals surface area contributed by atoms with Crippen molar-refractivity contribution in [3.05, 3.63) is 81.7 Å². The minimum Gasteiger partial charge on any atom is -0.493 e. The van der Waals surface area contributed by atoms with Gasteiger partial charge in [0.05, 0.1) is 24.3 Å². The van der Waals surface area contributed by atoms with E-state index in [1.165, 1.54) is 0 Å². The quantitative estimate of drug-likeness (QED) is 0.337. The van der Waals surface area contributed by atoms with Crippen molar-refractivity contribution in [1.29, 1.82) is 0 Å². The van der Waals surface area contributed by atoms with Crippen LogP contribution in [0.2, 0.25) is 0 Å². The molecule has 168 valence electrons. The topological polar surface area (TPSA) is 92.6 Å². The highest BCUT2D eigenvalue weighted by Gasteiger charge is 2.35. The number of methoxy groups -OCH3 is 2. The summed E-state index contributed by atoms with van der Waals surface area (Å²) in [4.78, 5) is 4.42. The van der Waals surface area contributed by atoms with Crippen LogP contribution in [0, 0.1) is 0 Å². The highest BCUT2D eigenvalue weighted by molar-refractivity contribution is 9.10. The van der Waals surface area contributed by atoms with Gasteiger partial charge in [0.25, 0.3) is 0 Å². The van der Waals surface area contributed by atoms with Crippen molar-refractivity contribution in [3.8, 4) is 17.2 Å². The summed E-state index contributed by atoms with van der Waals surface area (Å²) in [6, 6.07) is 16.0. The lowest BCUT2D eigenvalue weighted by Gasteiger charge is -2.29. The third-order valence-corrected chi connectivity index (χ3v) is 6.42. The number of ether oxygens (including phenoxy) is 3. The number of fused-ring (bicyclic) bond motifs is 3. The first-order chi connectivity index (χ1) is 16.0. The summed E-state index contributed by atoms with van der Waals surface area (Å²) in [7, 11) is 3.19. The molecule has 5 rings (SSSR count). The summed E-state index contributed by atoms with van der Waals surface area (Å²) in [5, 5.41) is 6.11. The summed E-state index contributed by atoms with van der Waals surface area (Å²) in [5.41, 5.74) is 8.87. The summed E-state index contributed by atoms with van der Waals surface area (Å²) >= 11 is 9.50. The van der Waals surface area contributed by atoms with E-state index in [9.17, 15) is 0 Å². The number of alkyl halides is 1. The molecule has 33 heavy (non-hydrogen) atoms. The monoisotopic (exact) mass is 527 g/mol. The molecule has 4 aromatic rings. The fraction of sp³-hybridized carbons (Fsp3) is 0.167. The minimum atomic E-state index is -0.366. The van der Waals surface area contributed by atoms with Crippen molar-refractivity contribution >= 4 is 43.9 Å². The molecule has 0 fully saturated rings. The van der Waals surface area contributed by atoms with Crippen molar-refractivity contribution < 1.29 is 18.7 Å². The van der Waals surface area contributed by atoms with E-state index in [4.69, 9.17) is 36.1 Å². The average molecular weight is 529 g/mol. The molecule has 7 nitrogen and oxygen atoms in total. The third-order valence-electron chi connectivity index (χ3n) is 5.60. The van der Waals surface area contributed by atoms with Gasteiger partial charge in [0.15, 0.2) is 17.4 Å². The Balaban J connectivity index is 1.80. The number of allylic oxidation sites excluding steroid dienone is 1. The van der Waals surface area contributed by atoms with Gasteiger partial charge in [-0.15, -0.1) is 11.6 Å². The molecule has 9 heteroatoms. The van der Waals surface area contributed by atoms with Crippen molar-refractivity contribution in [2.24, 2.45) is 5.73 Å². The zero-order valence-corrected chi connectivity index (χ0v) is 20.1. The minimum absolute atomic E-state index is 0.0921. The van der Waals surface area contributed by atoms with Crippen LogP contribution in [0.1, 0.15) is 28.8 Å². The molecule has 1 atom stereocenters. The molecule has 0 spiro atoms. The molecular formula is C24H19BrClN3O4. The molecule has 3 aromatic carbocycles. The molecule has 0 saturated heterocycles. The Bertz CT molecular complexity index is 1400. The number of benzene rings is 3. The summed E-state index contributed by atoms with van der Waals surface area (Å²) < 4.78 is 23.3. The average Bonchev–Trinajstić information content (AvgIpc) is 3.31. The van der Waals surface area contributed by atoms with Crippen LogP contribution in [-0.4, -0.2) is 24.4 Å². The predicted octanol–water partition coefficient (Wildman–Crippen LogP) is 5.59. The van der Waals surface area contributed by atoms with Crippen LogP contribution in [0.3, 0.4) is 0 Å². The Kier molecular flexibility index (Phi) is 5.64. The third kappa shape index (κ3) is 3.59. The van der Waals surface area contributed by atoms with Gasteiger partial charge in [0, 0.05) is 16.9 Å². The molecule has 0 amide bonds. The van der Waals surface area contributed by atoms with E-state index < -0.39 is 0 Å². The molecule has 1 aliphatic rings. The molecule has 1 aromatic heterocycles. The Morgan fingerprint density at radius 1 is 1.12 bits per heavy atom. The Morgan fingerprint density at radius 2 is 1.94 bits per heavy atom. The van der Waals surface area contributed by atoms with E-state index >= 15 is 0 Å². The predicted molar refractivity (Wildman–Crippen MR) is 129 cm³/mol. The number of nitrogens with zero attached hydrogens (tertiary/aromatic N) is 2. The van der Waals surface area contributed by atoms with Gasteiger partial charge in [0.2, 0.25) is 11.7 Å². The zero-order valence-electron chi connectivity index (χ0n) is 17.8. The normalized spacial score (nSPS) is 15.3. The van der Waals surface area contributed by atoms with Crippen molar-refractivity contribution in [2.75, 3.05) is 14.2 Å². The van der Waals surface area contributed by atoms with E-state index in [0.29, 0.717) is 34.5 Å². The van der Waals surface area contributed by atoms with Gasteiger partial charge in [-0.3, -0.25) is 0 Å². The number of hydrogen-bond acceptors (Lipinski definition) is 7. The second kappa shape index (κ2) is 8.61. The largest absolute Gasteiger partial charge is 0.493 e. The van der Waals surface area contributed by atoms with Crippen molar-refractivity contribution in [3.63, 3.8) is 0 Å². The molecular weight excluding hydrogens is 510 g/mol. The zero-order chi connectivity index (χ0) is 23.1. The molecule has 1 aliphatic heterocycles. The highest BCUT2D eigenvalue weighted by Crippen LogP contribution is 2.50. The van der Waals surface area contributed by atoms with Gasteiger partial charge in [-0.1, -0.05) is 41.6 Å². The Morgan fingerprint density at radius 3 is 2.67 bits per heavy atom. The van der Waals surface area contributed by atoms with Crippen molar-refractivity contribution in [2.45, 2.75) is 11.8 Å². The molecule has 0 bridgehead atoms. The molecule has 2 N–H and O–H groups in total. The van der Waals surface area contributed by atoms with E-state index in [1.807, 2.05) is 42.5 Å². The Labute approximate surface area is 203 Å².